The average Bonchev–Trinajstić information content (AvgIpc) is 2.80. The fraction of sp³-hybridized carbons (Fsp3) is 0.677. The van der Waals surface area contributed by atoms with E-state index in [1.807, 2.05) is 18.7 Å². The van der Waals surface area contributed by atoms with E-state index in [1.165, 1.54) is 5.56 Å². The Morgan fingerprint density at radius 2 is 1.64 bits per heavy atom. The summed E-state index contributed by atoms with van der Waals surface area (Å²) in [6, 6.07) is 13.2. The van der Waals surface area contributed by atoms with Gasteiger partial charge in [-0.3, -0.25) is 0 Å². The van der Waals surface area contributed by atoms with Crippen LogP contribution < -0.4 is 5.73 Å². The number of benzene rings is 1. The minimum Gasteiger partial charge on any atom is -0.329 e. The van der Waals surface area contributed by atoms with Crippen molar-refractivity contribution in [2.24, 2.45) is 27.4 Å². The Bertz CT molecular complexity index is 909. The Kier molecular flexibility index (Phi) is 12.3. The fourth-order valence-electron chi connectivity index (χ4n) is 4.43. The highest BCUT2D eigenvalue weighted by atomic mass is 32.2. The van der Waals surface area contributed by atoms with E-state index in [0.29, 0.717) is 6.54 Å². The molecule has 36 heavy (non-hydrogen) atoms. The summed E-state index contributed by atoms with van der Waals surface area (Å²) in [4.78, 5) is 0. The zero-order chi connectivity index (χ0) is 27.8. The molecular formula is C31H50N2S3. The number of thiocarbonyl (C=S) groups is 1. The molecule has 0 aromatic heterocycles. The van der Waals surface area contributed by atoms with Crippen LogP contribution in [0.3, 0.4) is 0 Å². The second-order valence-electron chi connectivity index (χ2n) is 12.7. The Morgan fingerprint density at radius 3 is 2.14 bits per heavy atom. The molecule has 5 heteroatoms. The lowest BCUT2D eigenvalue weighted by Crippen LogP contribution is -2.46. The third-order valence-corrected chi connectivity index (χ3v) is 11.5. The molecule has 0 saturated heterocycles. The van der Waals surface area contributed by atoms with Crippen molar-refractivity contribution in [3.63, 3.8) is 0 Å². The standard InChI is InChI=1S/C31H50N2S3/c1-11-20-35-26(34)36-29(6,7)19-15-18-27(2,3)28(4,5)21-25(24-16-13-12-14-17-24)30(8,9)31(10,22-32)23-33/h12-18,25H,11,19-22,32H2,1-10H3/b18-15+. The molecule has 0 amide bonds. The summed E-state index contributed by atoms with van der Waals surface area (Å²) in [6.45, 7) is 23.0. The second-order valence-corrected chi connectivity index (χ2v) is 16.7. The van der Waals surface area contributed by atoms with Crippen molar-refractivity contribution in [2.45, 2.75) is 99.2 Å². The molecular weight excluding hydrogens is 497 g/mol. The van der Waals surface area contributed by atoms with Gasteiger partial charge >= 0.3 is 0 Å². The van der Waals surface area contributed by atoms with Crippen LogP contribution in [-0.4, -0.2) is 20.6 Å². The molecule has 0 aliphatic heterocycles. The van der Waals surface area contributed by atoms with Crippen LogP contribution in [0.15, 0.2) is 42.5 Å². The number of allylic oxidation sites excluding steroid dienone is 2. The maximum absolute atomic E-state index is 10.1. The predicted octanol–water partition coefficient (Wildman–Crippen LogP) is 9.61. The highest BCUT2D eigenvalue weighted by Crippen LogP contribution is 2.56. The van der Waals surface area contributed by atoms with Crippen LogP contribution in [-0.2, 0) is 0 Å². The minimum absolute atomic E-state index is 0.0180. The average molecular weight is 547 g/mol. The van der Waals surface area contributed by atoms with Crippen molar-refractivity contribution < 1.29 is 0 Å². The summed E-state index contributed by atoms with van der Waals surface area (Å²) >= 11 is 9.22. The first-order chi connectivity index (χ1) is 16.5. The van der Waals surface area contributed by atoms with Gasteiger partial charge in [-0.15, -0.1) is 23.5 Å². The van der Waals surface area contributed by atoms with E-state index in [2.05, 4.69) is 111 Å². The lowest BCUT2D eigenvalue weighted by atomic mass is 9.53. The summed E-state index contributed by atoms with van der Waals surface area (Å²) in [5.41, 5.74) is 6.48. The number of thioether (sulfide) groups is 2. The van der Waals surface area contributed by atoms with Gasteiger partial charge in [0.15, 0.2) is 0 Å². The first kappa shape index (κ1) is 33.2. The molecule has 0 aliphatic rings. The summed E-state index contributed by atoms with van der Waals surface area (Å²) in [5.74, 6) is 1.28. The van der Waals surface area contributed by atoms with Crippen molar-refractivity contribution >= 4 is 39.3 Å². The maximum atomic E-state index is 10.1. The van der Waals surface area contributed by atoms with Crippen molar-refractivity contribution in [3.05, 3.63) is 48.0 Å². The lowest BCUT2D eigenvalue weighted by molar-refractivity contribution is 0.0569. The summed E-state index contributed by atoms with van der Waals surface area (Å²) < 4.78 is 1.11. The van der Waals surface area contributed by atoms with Gasteiger partial charge in [-0.1, -0.05) is 117 Å². The molecule has 0 saturated carbocycles. The van der Waals surface area contributed by atoms with Crippen LogP contribution in [0.5, 0.6) is 0 Å². The first-order valence-electron chi connectivity index (χ1n) is 13.2. The summed E-state index contributed by atoms with van der Waals surface area (Å²) in [6.07, 6.45) is 7.82. The largest absolute Gasteiger partial charge is 0.329 e. The van der Waals surface area contributed by atoms with Gasteiger partial charge in [0.2, 0.25) is 0 Å². The highest BCUT2D eigenvalue weighted by molar-refractivity contribution is 8.47. The van der Waals surface area contributed by atoms with Gasteiger partial charge in [-0.25, -0.2) is 0 Å². The van der Waals surface area contributed by atoms with Crippen molar-refractivity contribution in [3.8, 4) is 6.07 Å². The Balaban J connectivity index is 3.20. The van der Waals surface area contributed by atoms with Gasteiger partial charge in [-0.05, 0) is 59.7 Å². The zero-order valence-corrected chi connectivity index (χ0v) is 26.9. The third-order valence-electron chi connectivity index (χ3n) is 8.54. The number of nitrogens with two attached hydrogens (primary N) is 1. The van der Waals surface area contributed by atoms with Crippen LogP contribution in [0.2, 0.25) is 0 Å². The number of hydrogen-bond donors (Lipinski definition) is 1. The molecule has 1 rings (SSSR count). The number of nitriles is 1. The molecule has 2 N–H and O–H groups in total. The van der Waals surface area contributed by atoms with Crippen molar-refractivity contribution in [1.29, 1.82) is 5.26 Å². The summed E-state index contributed by atoms with van der Waals surface area (Å²) in [5, 5.41) is 10.1. The highest BCUT2D eigenvalue weighted by Gasteiger charge is 2.49. The molecule has 2 unspecified atom stereocenters. The predicted molar refractivity (Wildman–Crippen MR) is 169 cm³/mol. The zero-order valence-electron chi connectivity index (χ0n) is 24.4. The Labute approximate surface area is 236 Å². The van der Waals surface area contributed by atoms with Gasteiger partial charge in [-0.2, -0.15) is 5.26 Å². The molecule has 2 atom stereocenters. The molecule has 0 spiro atoms. The van der Waals surface area contributed by atoms with Crippen LogP contribution in [0.4, 0.5) is 0 Å². The minimum atomic E-state index is -0.626. The van der Waals surface area contributed by atoms with Crippen LogP contribution in [0.25, 0.3) is 0 Å². The van der Waals surface area contributed by atoms with Crippen molar-refractivity contribution in [1.82, 2.24) is 0 Å². The second kappa shape index (κ2) is 13.3. The van der Waals surface area contributed by atoms with Gasteiger partial charge in [0.05, 0.1) is 11.5 Å². The monoisotopic (exact) mass is 546 g/mol. The molecule has 0 aliphatic carbocycles. The van der Waals surface area contributed by atoms with Crippen LogP contribution >= 0.6 is 35.7 Å². The van der Waals surface area contributed by atoms with Gasteiger partial charge in [0.25, 0.3) is 0 Å². The first-order valence-corrected chi connectivity index (χ1v) is 15.4. The van der Waals surface area contributed by atoms with E-state index >= 15 is 0 Å². The van der Waals surface area contributed by atoms with E-state index < -0.39 is 5.41 Å². The lowest BCUT2D eigenvalue weighted by Gasteiger charge is -2.50. The maximum Gasteiger partial charge on any atom is 0.104 e. The SMILES string of the molecule is CCCSC(=S)SC(C)(C)C/C=C/C(C)(C)C(C)(C)CC(c1ccccc1)C(C)(C)C(C)(C#N)CN. The van der Waals surface area contributed by atoms with Crippen molar-refractivity contribution in [2.75, 3.05) is 12.3 Å². The van der Waals surface area contributed by atoms with Gasteiger partial charge in [0, 0.05) is 11.3 Å². The molecule has 0 heterocycles. The van der Waals surface area contributed by atoms with E-state index in [1.54, 1.807) is 11.8 Å². The van der Waals surface area contributed by atoms with Gasteiger partial charge < -0.3 is 5.73 Å². The van der Waals surface area contributed by atoms with E-state index in [9.17, 15) is 5.26 Å². The fourth-order valence-corrected chi connectivity index (χ4v) is 7.52. The number of nitrogens with zero attached hydrogens (tertiary/aromatic N) is 1. The molecule has 202 valence electrons. The number of hydrogen-bond acceptors (Lipinski definition) is 5. The quantitative estimate of drug-likeness (QED) is 0.197. The molecule has 1 aromatic carbocycles. The Hall–Kier alpha value is -0.800. The van der Waals surface area contributed by atoms with Gasteiger partial charge in [0.1, 0.15) is 3.53 Å². The van der Waals surface area contributed by atoms with E-state index in [-0.39, 0.29) is 26.9 Å². The Morgan fingerprint density at radius 1 is 1.06 bits per heavy atom. The normalized spacial score (nSPS) is 15.9. The third kappa shape index (κ3) is 8.62. The smallest absolute Gasteiger partial charge is 0.104 e. The topological polar surface area (TPSA) is 49.8 Å². The molecule has 0 fully saturated rings. The van der Waals surface area contributed by atoms with Crippen LogP contribution in [0.1, 0.15) is 100.0 Å². The van der Waals surface area contributed by atoms with Crippen LogP contribution in [0, 0.1) is 33.0 Å². The molecule has 1 aromatic rings. The summed E-state index contributed by atoms with van der Waals surface area (Å²) in [7, 11) is 0. The number of rotatable bonds is 13. The molecule has 0 radical (unpaired) electrons. The molecule has 0 bridgehead atoms. The molecule has 2 nitrogen and oxygen atoms in total. The van der Waals surface area contributed by atoms with E-state index in [4.69, 9.17) is 18.0 Å². The van der Waals surface area contributed by atoms with E-state index in [0.717, 1.165) is 28.5 Å².